The molecule has 0 saturated heterocycles. The fourth-order valence-corrected chi connectivity index (χ4v) is 1.99. The van der Waals surface area contributed by atoms with E-state index >= 15 is 0 Å². The van der Waals surface area contributed by atoms with Crippen LogP contribution in [0.15, 0.2) is 18.5 Å². The van der Waals surface area contributed by atoms with Crippen LogP contribution < -0.4 is 15.8 Å². The number of nitrogens with one attached hydrogen (secondary N) is 2. The molecule has 0 aliphatic carbocycles. The molecule has 2 aromatic rings. The zero-order valence-electron chi connectivity index (χ0n) is 12.8. The van der Waals surface area contributed by atoms with Crippen molar-refractivity contribution in [3.8, 4) is 11.9 Å². The van der Waals surface area contributed by atoms with Gasteiger partial charge in [0, 0.05) is 25.4 Å². The number of H-pyrrole nitrogens is 1. The Morgan fingerprint density at radius 1 is 1.57 bits per heavy atom. The number of imidazole rings is 1. The largest absolute Gasteiger partial charge is 0.477 e. The van der Waals surface area contributed by atoms with Crippen molar-refractivity contribution in [3.05, 3.63) is 35.5 Å². The van der Waals surface area contributed by atoms with E-state index in [0.717, 1.165) is 18.7 Å². The Morgan fingerprint density at radius 2 is 2.39 bits per heavy atom. The first-order valence-corrected chi connectivity index (χ1v) is 7.25. The van der Waals surface area contributed by atoms with Crippen LogP contribution in [0.1, 0.15) is 35.2 Å². The number of carbonyl (C=O) groups excluding carboxylic acids is 1. The number of amides is 1. The maximum atomic E-state index is 12.1. The zero-order valence-corrected chi connectivity index (χ0v) is 12.8. The molecule has 0 spiro atoms. The molecule has 0 fully saturated rings. The van der Waals surface area contributed by atoms with Crippen LogP contribution in [0.2, 0.25) is 0 Å². The van der Waals surface area contributed by atoms with Crippen molar-refractivity contribution in [2.75, 3.05) is 18.9 Å². The Bertz CT molecular complexity index is 705. The van der Waals surface area contributed by atoms with E-state index in [-0.39, 0.29) is 28.7 Å². The molecule has 0 atom stereocenters. The maximum absolute atomic E-state index is 12.1. The highest BCUT2D eigenvalue weighted by Crippen LogP contribution is 2.22. The van der Waals surface area contributed by atoms with Gasteiger partial charge in [-0.3, -0.25) is 4.79 Å². The minimum absolute atomic E-state index is 0.0794. The summed E-state index contributed by atoms with van der Waals surface area (Å²) < 4.78 is 5.27. The summed E-state index contributed by atoms with van der Waals surface area (Å²) in [4.78, 5) is 23.3. The number of aryl methyl sites for hydroxylation is 1. The van der Waals surface area contributed by atoms with Gasteiger partial charge in [0.05, 0.1) is 12.3 Å². The summed E-state index contributed by atoms with van der Waals surface area (Å²) in [6.07, 6.45) is 4.92. The Balaban J connectivity index is 1.97. The number of anilines is 1. The highest BCUT2D eigenvalue weighted by atomic mass is 16.5. The Kier molecular flexibility index (Phi) is 5.52. The van der Waals surface area contributed by atoms with Crippen LogP contribution in [0.4, 0.5) is 5.69 Å². The third-order valence-corrected chi connectivity index (χ3v) is 3.07. The molecule has 0 radical (unpaired) electrons. The first-order valence-electron chi connectivity index (χ1n) is 7.25. The van der Waals surface area contributed by atoms with Crippen LogP contribution in [-0.2, 0) is 6.42 Å². The van der Waals surface area contributed by atoms with Gasteiger partial charge in [-0.05, 0) is 19.4 Å². The number of ether oxygens (including phenoxy) is 1. The first-order chi connectivity index (χ1) is 11.2. The van der Waals surface area contributed by atoms with Gasteiger partial charge >= 0.3 is 0 Å². The number of nitrogens with zero attached hydrogens (tertiary/aromatic N) is 3. The summed E-state index contributed by atoms with van der Waals surface area (Å²) in [5.41, 5.74) is 6.23. The van der Waals surface area contributed by atoms with Gasteiger partial charge in [0.2, 0.25) is 5.88 Å². The lowest BCUT2D eigenvalue weighted by Gasteiger charge is -2.10. The number of hydrogen-bond acceptors (Lipinski definition) is 6. The molecule has 0 unspecified atom stereocenters. The van der Waals surface area contributed by atoms with Crippen molar-refractivity contribution in [3.63, 3.8) is 0 Å². The van der Waals surface area contributed by atoms with E-state index in [0.29, 0.717) is 13.2 Å². The van der Waals surface area contributed by atoms with Gasteiger partial charge < -0.3 is 20.8 Å². The standard InChI is InChI=1S/C15H18N6O2/c1-2-23-15-10(9-16)11(17)8-12(21-15)14(22)20-5-3-4-13-18-6-7-19-13/h6-8H,2-5H2,1H3,(H2,17,21)(H,18,19)(H,20,22). The van der Waals surface area contributed by atoms with Crippen LogP contribution in [0.5, 0.6) is 5.88 Å². The molecule has 2 heterocycles. The maximum Gasteiger partial charge on any atom is 0.270 e. The van der Waals surface area contributed by atoms with Crippen molar-refractivity contribution >= 4 is 11.6 Å². The highest BCUT2D eigenvalue weighted by molar-refractivity contribution is 5.93. The molecule has 8 nitrogen and oxygen atoms in total. The van der Waals surface area contributed by atoms with Crippen molar-refractivity contribution in [1.29, 1.82) is 5.26 Å². The number of nitrogen functional groups attached to an aromatic ring is 1. The fourth-order valence-electron chi connectivity index (χ4n) is 1.99. The van der Waals surface area contributed by atoms with E-state index in [1.807, 2.05) is 6.07 Å². The van der Waals surface area contributed by atoms with Crippen LogP contribution in [0.3, 0.4) is 0 Å². The zero-order chi connectivity index (χ0) is 16.7. The third kappa shape index (κ3) is 4.20. The number of nitrogens with two attached hydrogens (primary N) is 1. The second kappa shape index (κ2) is 7.79. The number of pyridine rings is 1. The van der Waals surface area contributed by atoms with Crippen LogP contribution in [0, 0.1) is 11.3 Å². The molecule has 23 heavy (non-hydrogen) atoms. The Morgan fingerprint density at radius 3 is 3.04 bits per heavy atom. The van der Waals surface area contributed by atoms with E-state index in [1.165, 1.54) is 6.07 Å². The molecule has 0 saturated carbocycles. The van der Waals surface area contributed by atoms with Crippen LogP contribution in [-0.4, -0.2) is 34.0 Å². The minimum Gasteiger partial charge on any atom is -0.477 e. The van der Waals surface area contributed by atoms with E-state index in [2.05, 4.69) is 20.3 Å². The number of rotatable bonds is 7. The van der Waals surface area contributed by atoms with Gasteiger partial charge in [0.15, 0.2) is 0 Å². The van der Waals surface area contributed by atoms with Crippen molar-refractivity contribution in [1.82, 2.24) is 20.3 Å². The molecule has 1 amide bonds. The van der Waals surface area contributed by atoms with Crippen LogP contribution >= 0.6 is 0 Å². The molecule has 2 rings (SSSR count). The van der Waals surface area contributed by atoms with Gasteiger partial charge in [0.25, 0.3) is 5.91 Å². The van der Waals surface area contributed by atoms with Crippen molar-refractivity contribution < 1.29 is 9.53 Å². The van der Waals surface area contributed by atoms with Crippen molar-refractivity contribution in [2.45, 2.75) is 19.8 Å². The normalized spacial score (nSPS) is 10.1. The van der Waals surface area contributed by atoms with Gasteiger partial charge in [0.1, 0.15) is 23.2 Å². The summed E-state index contributed by atoms with van der Waals surface area (Å²) >= 11 is 0. The molecule has 0 aliphatic heterocycles. The molecule has 8 heteroatoms. The fraction of sp³-hybridized carbons (Fsp3) is 0.333. The van der Waals surface area contributed by atoms with E-state index in [9.17, 15) is 4.79 Å². The quantitative estimate of drug-likeness (QED) is 0.654. The highest BCUT2D eigenvalue weighted by Gasteiger charge is 2.16. The first kappa shape index (κ1) is 16.3. The summed E-state index contributed by atoms with van der Waals surface area (Å²) in [6.45, 7) is 2.57. The van der Waals surface area contributed by atoms with Crippen LogP contribution in [0.25, 0.3) is 0 Å². The molecule has 0 aliphatic rings. The third-order valence-electron chi connectivity index (χ3n) is 3.07. The number of carbonyl (C=O) groups is 1. The lowest BCUT2D eigenvalue weighted by molar-refractivity contribution is 0.0947. The molecular formula is C15H18N6O2. The molecule has 4 N–H and O–H groups in total. The van der Waals surface area contributed by atoms with Crippen molar-refractivity contribution in [2.24, 2.45) is 0 Å². The summed E-state index contributed by atoms with van der Waals surface area (Å²) in [6, 6.07) is 3.31. The van der Waals surface area contributed by atoms with E-state index in [4.69, 9.17) is 15.7 Å². The summed E-state index contributed by atoms with van der Waals surface area (Å²) in [5.74, 6) is 0.593. The van der Waals surface area contributed by atoms with Gasteiger partial charge in [-0.1, -0.05) is 0 Å². The average Bonchev–Trinajstić information content (AvgIpc) is 3.04. The lowest BCUT2D eigenvalue weighted by Crippen LogP contribution is -2.26. The van der Waals surface area contributed by atoms with Gasteiger partial charge in [-0.15, -0.1) is 0 Å². The van der Waals surface area contributed by atoms with E-state index in [1.54, 1.807) is 19.3 Å². The smallest absolute Gasteiger partial charge is 0.270 e. The molecule has 120 valence electrons. The second-order valence-corrected chi connectivity index (χ2v) is 4.72. The molecule has 0 bridgehead atoms. The minimum atomic E-state index is -0.360. The molecule has 0 aromatic carbocycles. The molecule has 2 aromatic heterocycles. The predicted molar refractivity (Wildman–Crippen MR) is 83.8 cm³/mol. The topological polar surface area (TPSA) is 130 Å². The number of aromatic amines is 1. The SMILES string of the molecule is CCOc1nc(C(=O)NCCCc2ncc[nH]2)cc(N)c1C#N. The number of aromatic nitrogens is 3. The average molecular weight is 314 g/mol. The monoisotopic (exact) mass is 314 g/mol. The predicted octanol–water partition coefficient (Wildman–Crippen LogP) is 1.02. The number of nitriles is 1. The number of hydrogen-bond donors (Lipinski definition) is 3. The second-order valence-electron chi connectivity index (χ2n) is 4.72. The summed E-state index contributed by atoms with van der Waals surface area (Å²) in [5, 5.41) is 11.8. The van der Waals surface area contributed by atoms with Gasteiger partial charge in [-0.2, -0.15) is 5.26 Å². The molecular weight excluding hydrogens is 296 g/mol. The van der Waals surface area contributed by atoms with E-state index < -0.39 is 0 Å². The Hall–Kier alpha value is -3.08. The summed E-state index contributed by atoms with van der Waals surface area (Å²) in [7, 11) is 0. The van der Waals surface area contributed by atoms with Gasteiger partial charge in [-0.25, -0.2) is 9.97 Å². The Labute approximate surface area is 133 Å². The lowest BCUT2D eigenvalue weighted by atomic mass is 10.2.